The summed E-state index contributed by atoms with van der Waals surface area (Å²) in [5, 5.41) is 0. The molecule has 0 aromatic rings. The monoisotopic (exact) mass is 810 g/mol. The SMILES string of the molecule is O=S(=O)(CCC(F)(F)C(F)(F)C(F)(C(F)(F)F)C(F)(F)F)OCCCCOS(=O)(=O)CCC(F)(F)C(F)(F)C(F)(C(F)(F)F)C(F)(F)F. The Kier molecular flexibility index (Phi) is 13.3. The van der Waals surface area contributed by atoms with Crippen LogP contribution in [0.3, 0.4) is 0 Å². The van der Waals surface area contributed by atoms with E-state index in [1.165, 1.54) is 0 Å². The van der Waals surface area contributed by atoms with Crippen LogP contribution < -0.4 is 0 Å². The van der Waals surface area contributed by atoms with Gasteiger partial charge in [0, 0.05) is 12.8 Å². The van der Waals surface area contributed by atoms with Crippen molar-refractivity contribution >= 4 is 20.2 Å². The highest BCUT2D eigenvalue weighted by Gasteiger charge is 2.91. The smallest absolute Gasteiger partial charge is 0.270 e. The molecule has 0 N–H and O–H groups in total. The topological polar surface area (TPSA) is 86.7 Å². The highest BCUT2D eigenvalue weighted by atomic mass is 32.2. The zero-order chi connectivity index (χ0) is 39.1. The van der Waals surface area contributed by atoms with Gasteiger partial charge in [-0.2, -0.15) is 105 Å². The van der Waals surface area contributed by atoms with Crippen LogP contribution in [0.1, 0.15) is 25.7 Å². The predicted octanol–water partition coefficient (Wildman–Crippen LogP) is 7.45. The van der Waals surface area contributed by atoms with Gasteiger partial charge in [0.25, 0.3) is 20.2 Å². The van der Waals surface area contributed by atoms with Crippen molar-refractivity contribution in [3.05, 3.63) is 0 Å². The Balaban J connectivity index is 5.23. The van der Waals surface area contributed by atoms with Crippen molar-refractivity contribution in [1.29, 1.82) is 0 Å². The molecule has 0 rings (SSSR count). The number of alkyl halides is 22. The minimum Gasteiger partial charge on any atom is -0.270 e. The van der Waals surface area contributed by atoms with Gasteiger partial charge in [0.2, 0.25) is 0 Å². The summed E-state index contributed by atoms with van der Waals surface area (Å²) in [7, 11) is -11.2. The van der Waals surface area contributed by atoms with Crippen molar-refractivity contribution in [2.24, 2.45) is 0 Å². The number of halogens is 22. The van der Waals surface area contributed by atoms with Crippen LogP contribution in [-0.4, -0.2) is 101 Å². The van der Waals surface area contributed by atoms with E-state index >= 15 is 0 Å². The quantitative estimate of drug-likeness (QED) is 0.0863. The lowest BCUT2D eigenvalue weighted by Crippen LogP contribution is -2.70. The molecule has 0 heterocycles. The molecule has 0 aliphatic rings. The van der Waals surface area contributed by atoms with Crippen molar-refractivity contribution in [3.8, 4) is 0 Å². The fourth-order valence-electron chi connectivity index (χ4n) is 3.05. The molecule has 0 amide bonds. The molecular formula is C18H16F22O6S2. The highest BCUT2D eigenvalue weighted by molar-refractivity contribution is 7.86. The van der Waals surface area contributed by atoms with Crippen molar-refractivity contribution in [3.63, 3.8) is 0 Å². The van der Waals surface area contributed by atoms with E-state index in [0.29, 0.717) is 0 Å². The first kappa shape index (κ1) is 46.3. The van der Waals surface area contributed by atoms with Crippen LogP contribution in [-0.2, 0) is 28.6 Å². The molecule has 6 nitrogen and oxygen atoms in total. The van der Waals surface area contributed by atoms with E-state index in [9.17, 15) is 113 Å². The summed E-state index contributed by atoms with van der Waals surface area (Å²) in [4.78, 5) is 0. The fraction of sp³-hybridized carbons (Fsp3) is 1.00. The first-order chi connectivity index (χ1) is 20.6. The van der Waals surface area contributed by atoms with E-state index < -0.39 is 130 Å². The minimum absolute atomic E-state index is 0.868. The Morgan fingerprint density at radius 1 is 0.375 bits per heavy atom. The first-order valence-electron chi connectivity index (χ1n) is 11.5. The average molecular weight is 810 g/mol. The molecule has 48 heavy (non-hydrogen) atoms. The summed E-state index contributed by atoms with van der Waals surface area (Å²) < 4.78 is 339. The number of unbranched alkanes of at least 4 members (excludes halogenated alkanes) is 1. The molecule has 0 radical (unpaired) electrons. The third kappa shape index (κ3) is 9.14. The fourth-order valence-corrected chi connectivity index (χ4v) is 5.04. The van der Waals surface area contributed by atoms with Crippen LogP contribution in [0.2, 0.25) is 0 Å². The van der Waals surface area contributed by atoms with Crippen LogP contribution >= 0.6 is 0 Å². The molecule has 0 aromatic carbocycles. The molecule has 0 saturated carbocycles. The van der Waals surface area contributed by atoms with Crippen LogP contribution in [0, 0.1) is 0 Å². The molecule has 290 valence electrons. The summed E-state index contributed by atoms with van der Waals surface area (Å²) >= 11 is 0. The van der Waals surface area contributed by atoms with Crippen molar-refractivity contribution in [2.75, 3.05) is 24.7 Å². The number of hydrogen-bond acceptors (Lipinski definition) is 6. The second kappa shape index (κ2) is 13.8. The summed E-state index contributed by atoms with van der Waals surface area (Å²) in [6, 6.07) is 0. The predicted molar refractivity (Wildman–Crippen MR) is 110 cm³/mol. The molecule has 0 aliphatic heterocycles. The van der Waals surface area contributed by atoms with E-state index in [-0.39, 0.29) is 0 Å². The lowest BCUT2D eigenvalue weighted by molar-refractivity contribution is -0.427. The van der Waals surface area contributed by atoms with Gasteiger partial charge in [-0.1, -0.05) is 0 Å². The van der Waals surface area contributed by atoms with E-state index in [1.54, 1.807) is 0 Å². The third-order valence-corrected chi connectivity index (χ3v) is 8.20. The van der Waals surface area contributed by atoms with E-state index in [1.807, 2.05) is 0 Å². The third-order valence-electron chi connectivity index (χ3n) is 5.74. The summed E-state index contributed by atoms with van der Waals surface area (Å²) in [5.74, 6) is -33.6. The van der Waals surface area contributed by atoms with Crippen molar-refractivity contribution in [1.82, 2.24) is 0 Å². The van der Waals surface area contributed by atoms with Crippen LogP contribution in [0.25, 0.3) is 0 Å². The summed E-state index contributed by atoms with van der Waals surface area (Å²) in [6.07, 6.45) is -38.8. The molecule has 0 unspecified atom stereocenters. The van der Waals surface area contributed by atoms with Crippen LogP contribution in [0.5, 0.6) is 0 Å². The van der Waals surface area contributed by atoms with Gasteiger partial charge in [-0.05, 0) is 12.8 Å². The number of rotatable bonds is 17. The highest BCUT2D eigenvalue weighted by Crippen LogP contribution is 2.61. The molecular weight excluding hydrogens is 794 g/mol. The van der Waals surface area contributed by atoms with Gasteiger partial charge in [-0.15, -0.1) is 0 Å². The maximum atomic E-state index is 13.7. The number of hydrogen-bond donors (Lipinski definition) is 0. The maximum absolute atomic E-state index is 13.7. The molecule has 0 bridgehead atoms. The van der Waals surface area contributed by atoms with Crippen molar-refractivity contribution in [2.45, 2.75) is 85.4 Å². The molecule has 0 fully saturated rings. The Bertz CT molecular complexity index is 1170. The standard InChI is InChI=1S/C18H16F22O6S2/c19-9(20,13(25,26)11(23,15(29,30)31)16(32,33)34)3-7-47(41,42)45-5-1-2-6-46-48(43,44)8-4-10(21,22)14(27,28)12(24,17(35,36)37)18(38,39)40/h1-8H2. The first-order valence-corrected chi connectivity index (χ1v) is 14.7. The molecule has 0 spiro atoms. The Morgan fingerprint density at radius 3 is 0.771 bits per heavy atom. The van der Waals surface area contributed by atoms with Gasteiger partial charge in [-0.25, -0.2) is 8.78 Å². The largest absolute Gasteiger partial charge is 0.438 e. The normalized spacial score (nSPS) is 16.0. The second-order valence-electron chi connectivity index (χ2n) is 9.24. The van der Waals surface area contributed by atoms with Gasteiger partial charge >= 0.3 is 59.7 Å². The maximum Gasteiger partial charge on any atom is 0.438 e. The van der Waals surface area contributed by atoms with Crippen molar-refractivity contribution < 1.29 is 122 Å². The lowest BCUT2D eigenvalue weighted by Gasteiger charge is -2.39. The van der Waals surface area contributed by atoms with E-state index in [4.69, 9.17) is 0 Å². The molecule has 0 aromatic heterocycles. The van der Waals surface area contributed by atoms with Gasteiger partial charge in [0.1, 0.15) is 0 Å². The molecule has 30 heteroatoms. The van der Waals surface area contributed by atoms with Crippen LogP contribution in [0.4, 0.5) is 96.6 Å². The molecule has 0 aliphatic carbocycles. The Hall–Kier alpha value is -1.72. The zero-order valence-electron chi connectivity index (χ0n) is 22.2. The zero-order valence-corrected chi connectivity index (χ0v) is 23.9. The van der Waals surface area contributed by atoms with Gasteiger partial charge < -0.3 is 0 Å². The molecule has 0 atom stereocenters. The van der Waals surface area contributed by atoms with Gasteiger partial charge in [0.15, 0.2) is 0 Å². The van der Waals surface area contributed by atoms with E-state index in [0.717, 1.165) is 0 Å². The second-order valence-corrected chi connectivity index (χ2v) is 12.8. The Labute approximate surface area is 252 Å². The van der Waals surface area contributed by atoms with Gasteiger partial charge in [-0.3, -0.25) is 8.37 Å². The summed E-state index contributed by atoms with van der Waals surface area (Å²) in [6.45, 7) is -2.66. The average Bonchev–Trinajstić information content (AvgIpc) is 2.84. The molecule has 0 saturated heterocycles. The van der Waals surface area contributed by atoms with Gasteiger partial charge in [0.05, 0.1) is 24.7 Å². The van der Waals surface area contributed by atoms with E-state index in [2.05, 4.69) is 8.37 Å². The minimum atomic E-state index is -7.87. The lowest BCUT2D eigenvalue weighted by atomic mass is 9.89. The van der Waals surface area contributed by atoms with Crippen LogP contribution in [0.15, 0.2) is 0 Å². The Morgan fingerprint density at radius 2 is 0.583 bits per heavy atom. The summed E-state index contributed by atoms with van der Waals surface area (Å²) in [5.41, 5.74) is -15.7.